The summed E-state index contributed by atoms with van der Waals surface area (Å²) in [5.41, 5.74) is 3.46. The highest BCUT2D eigenvalue weighted by Gasteiger charge is 2.23. The summed E-state index contributed by atoms with van der Waals surface area (Å²) < 4.78 is 2.17. The third-order valence-electron chi connectivity index (χ3n) is 4.12. The first-order chi connectivity index (χ1) is 9.54. The van der Waals surface area contributed by atoms with Crippen LogP contribution in [-0.4, -0.2) is 44.4 Å². The van der Waals surface area contributed by atoms with Crippen molar-refractivity contribution in [3.63, 3.8) is 0 Å². The van der Waals surface area contributed by atoms with Crippen LogP contribution in [0.5, 0.6) is 0 Å². The van der Waals surface area contributed by atoms with E-state index in [4.69, 9.17) is 0 Å². The Labute approximate surface area is 120 Å². The quantitative estimate of drug-likeness (QED) is 0.901. The molecule has 1 saturated heterocycles. The summed E-state index contributed by atoms with van der Waals surface area (Å²) in [5.74, 6) is 0.813. The minimum atomic E-state index is 0.548. The fourth-order valence-corrected chi connectivity index (χ4v) is 3.03. The lowest BCUT2D eigenvalue weighted by molar-refractivity contribution is 0.137. The molecule has 1 N–H and O–H groups in total. The van der Waals surface area contributed by atoms with Gasteiger partial charge in [0.1, 0.15) is 0 Å². The zero-order chi connectivity index (χ0) is 14.3. The maximum Gasteiger partial charge on any atom is 0.234 e. The van der Waals surface area contributed by atoms with Crippen LogP contribution in [0, 0.1) is 13.8 Å². The van der Waals surface area contributed by atoms with Crippen molar-refractivity contribution >= 4 is 5.78 Å². The number of hydrogen-bond donors (Lipinski definition) is 1. The van der Waals surface area contributed by atoms with E-state index in [1.165, 1.54) is 11.4 Å². The number of rotatable bonds is 2. The summed E-state index contributed by atoms with van der Waals surface area (Å²) in [6, 6.07) is 3.21. The van der Waals surface area contributed by atoms with E-state index < -0.39 is 0 Å². The van der Waals surface area contributed by atoms with E-state index in [0.29, 0.717) is 12.1 Å². The lowest BCUT2D eigenvalue weighted by Crippen LogP contribution is -2.53. The molecule has 0 radical (unpaired) electrons. The molecule has 5 nitrogen and oxygen atoms in total. The van der Waals surface area contributed by atoms with Crippen molar-refractivity contribution in [1.29, 1.82) is 0 Å². The minimum Gasteiger partial charge on any atom is -0.311 e. The number of aromatic nitrogens is 3. The lowest BCUT2D eigenvalue weighted by Gasteiger charge is -2.37. The fourth-order valence-electron chi connectivity index (χ4n) is 3.03. The van der Waals surface area contributed by atoms with Crippen molar-refractivity contribution in [2.45, 2.75) is 46.3 Å². The second-order valence-corrected chi connectivity index (χ2v) is 6.01. The van der Waals surface area contributed by atoms with Gasteiger partial charge >= 0.3 is 0 Å². The Morgan fingerprint density at radius 3 is 2.95 bits per heavy atom. The van der Waals surface area contributed by atoms with Crippen LogP contribution >= 0.6 is 0 Å². The summed E-state index contributed by atoms with van der Waals surface area (Å²) in [5, 5.41) is 3.52. The van der Waals surface area contributed by atoms with Crippen molar-refractivity contribution in [3.8, 4) is 0 Å². The number of aryl methyl sites for hydroxylation is 2. The molecule has 0 bridgehead atoms. The molecule has 0 spiro atoms. The molecule has 20 heavy (non-hydrogen) atoms. The van der Waals surface area contributed by atoms with E-state index in [1.807, 2.05) is 13.1 Å². The number of imidazole rings is 1. The second kappa shape index (κ2) is 5.14. The highest BCUT2D eigenvalue weighted by atomic mass is 15.2. The molecule has 2 aromatic heterocycles. The molecule has 2 aromatic rings. The molecule has 2 atom stereocenters. The number of hydrogen-bond acceptors (Lipinski definition) is 4. The van der Waals surface area contributed by atoms with E-state index >= 15 is 0 Å². The second-order valence-electron chi connectivity index (χ2n) is 6.01. The molecule has 1 fully saturated rings. The third kappa shape index (κ3) is 2.43. The van der Waals surface area contributed by atoms with Crippen LogP contribution in [-0.2, 0) is 6.54 Å². The monoisotopic (exact) mass is 273 g/mol. The van der Waals surface area contributed by atoms with Crippen LogP contribution < -0.4 is 5.32 Å². The van der Waals surface area contributed by atoms with Crippen molar-refractivity contribution in [2.24, 2.45) is 0 Å². The molecular weight excluding hydrogens is 250 g/mol. The van der Waals surface area contributed by atoms with Crippen LogP contribution in [0.15, 0.2) is 12.3 Å². The van der Waals surface area contributed by atoms with Crippen molar-refractivity contribution in [3.05, 3.63) is 29.3 Å². The van der Waals surface area contributed by atoms with Gasteiger partial charge in [-0.15, -0.1) is 0 Å². The Morgan fingerprint density at radius 1 is 1.35 bits per heavy atom. The Hall–Kier alpha value is -1.46. The first kappa shape index (κ1) is 13.5. The Bertz CT molecular complexity index is 618. The Morgan fingerprint density at radius 2 is 2.15 bits per heavy atom. The van der Waals surface area contributed by atoms with Gasteiger partial charge in [-0.3, -0.25) is 9.30 Å². The predicted molar refractivity (Wildman–Crippen MR) is 79.8 cm³/mol. The largest absolute Gasteiger partial charge is 0.311 e. The molecule has 0 amide bonds. The Kier molecular flexibility index (Phi) is 3.48. The molecule has 3 heterocycles. The van der Waals surface area contributed by atoms with Crippen molar-refractivity contribution in [2.75, 3.05) is 13.1 Å². The maximum absolute atomic E-state index is 4.51. The van der Waals surface area contributed by atoms with Gasteiger partial charge in [0.25, 0.3) is 0 Å². The van der Waals surface area contributed by atoms with Gasteiger partial charge in [-0.1, -0.05) is 0 Å². The van der Waals surface area contributed by atoms with E-state index in [-0.39, 0.29) is 0 Å². The number of nitrogens with zero attached hydrogens (tertiary/aromatic N) is 4. The normalized spacial score (nSPS) is 24.4. The summed E-state index contributed by atoms with van der Waals surface area (Å²) in [4.78, 5) is 11.5. The van der Waals surface area contributed by atoms with E-state index in [9.17, 15) is 0 Å². The topological polar surface area (TPSA) is 45.5 Å². The van der Waals surface area contributed by atoms with Crippen molar-refractivity contribution < 1.29 is 0 Å². The van der Waals surface area contributed by atoms with Gasteiger partial charge in [0.05, 0.1) is 11.9 Å². The summed E-state index contributed by atoms with van der Waals surface area (Å²) in [7, 11) is 0. The molecule has 0 saturated carbocycles. The summed E-state index contributed by atoms with van der Waals surface area (Å²) in [6.45, 7) is 11.7. The lowest BCUT2D eigenvalue weighted by atomic mass is 10.1. The predicted octanol–water partition coefficient (Wildman–Crippen LogP) is 1.53. The molecule has 1 aliphatic rings. The molecular formula is C15H23N5. The van der Waals surface area contributed by atoms with Gasteiger partial charge in [0.2, 0.25) is 5.78 Å². The molecule has 0 aromatic carbocycles. The molecule has 0 aliphatic carbocycles. The first-order valence-electron chi connectivity index (χ1n) is 7.32. The van der Waals surface area contributed by atoms with Crippen LogP contribution in [0.3, 0.4) is 0 Å². The first-order valence-corrected chi connectivity index (χ1v) is 7.32. The van der Waals surface area contributed by atoms with Crippen LogP contribution in [0.1, 0.15) is 30.9 Å². The third-order valence-corrected chi connectivity index (χ3v) is 4.12. The Balaban J connectivity index is 1.91. The highest BCUT2D eigenvalue weighted by Crippen LogP contribution is 2.15. The average molecular weight is 273 g/mol. The number of piperazine rings is 1. The van der Waals surface area contributed by atoms with Gasteiger partial charge in [-0.2, -0.15) is 0 Å². The summed E-state index contributed by atoms with van der Waals surface area (Å²) in [6.07, 6.45) is 1.97. The van der Waals surface area contributed by atoms with Crippen LogP contribution in [0.2, 0.25) is 0 Å². The molecule has 2 unspecified atom stereocenters. The van der Waals surface area contributed by atoms with Crippen LogP contribution in [0.4, 0.5) is 0 Å². The summed E-state index contributed by atoms with van der Waals surface area (Å²) >= 11 is 0. The van der Waals surface area contributed by atoms with Gasteiger partial charge in [0, 0.05) is 43.1 Å². The van der Waals surface area contributed by atoms with Gasteiger partial charge < -0.3 is 5.32 Å². The highest BCUT2D eigenvalue weighted by molar-refractivity contribution is 5.35. The molecule has 108 valence electrons. The van der Waals surface area contributed by atoms with Gasteiger partial charge in [-0.05, 0) is 33.8 Å². The molecule has 1 aliphatic heterocycles. The fraction of sp³-hybridized carbons (Fsp3) is 0.600. The standard InChI is InChI=1S/C15H23N5/c1-10-5-12(3)20-14(7-17-15(20)18-10)9-19-8-11(2)16-6-13(19)4/h5,7,11,13,16H,6,8-9H2,1-4H3. The zero-order valence-electron chi connectivity index (χ0n) is 12.7. The smallest absolute Gasteiger partial charge is 0.234 e. The number of fused-ring (bicyclic) bond motifs is 1. The average Bonchev–Trinajstić information content (AvgIpc) is 2.77. The van der Waals surface area contributed by atoms with Gasteiger partial charge in [0.15, 0.2) is 0 Å². The van der Waals surface area contributed by atoms with Crippen LogP contribution in [0.25, 0.3) is 5.78 Å². The minimum absolute atomic E-state index is 0.548. The SMILES string of the molecule is Cc1cc(C)n2c(CN3CC(C)NCC3C)cnc2n1. The van der Waals surface area contributed by atoms with E-state index in [2.05, 4.69) is 51.4 Å². The van der Waals surface area contributed by atoms with E-state index in [0.717, 1.165) is 31.1 Å². The number of nitrogens with one attached hydrogen (secondary N) is 1. The maximum atomic E-state index is 4.51. The van der Waals surface area contributed by atoms with Crippen molar-refractivity contribution in [1.82, 2.24) is 24.6 Å². The van der Waals surface area contributed by atoms with Gasteiger partial charge in [-0.25, -0.2) is 9.97 Å². The van der Waals surface area contributed by atoms with E-state index in [1.54, 1.807) is 0 Å². The molecule has 5 heteroatoms. The molecule has 3 rings (SSSR count). The zero-order valence-corrected chi connectivity index (χ0v) is 12.7.